The molecular weight excluding hydrogens is 153 g/mol. The third kappa shape index (κ3) is 0.875. The van der Waals surface area contributed by atoms with Gasteiger partial charge >= 0.3 is 0 Å². The van der Waals surface area contributed by atoms with E-state index in [0.717, 1.165) is 6.54 Å². The molecule has 1 heterocycles. The lowest BCUT2D eigenvalue weighted by Gasteiger charge is -2.28. The summed E-state index contributed by atoms with van der Waals surface area (Å²) in [6.45, 7) is 7.11. The Morgan fingerprint density at radius 3 is 2.42 bits per heavy atom. The van der Waals surface area contributed by atoms with Crippen molar-refractivity contribution < 1.29 is 4.39 Å². The Hall–Kier alpha value is -0.110. The number of hydrogen-bond donors (Lipinski definition) is 0. The van der Waals surface area contributed by atoms with E-state index in [1.165, 1.54) is 0 Å². The molecule has 4 unspecified atom stereocenters. The van der Waals surface area contributed by atoms with Crippen LogP contribution in [0.3, 0.4) is 0 Å². The van der Waals surface area contributed by atoms with Crippen molar-refractivity contribution in [2.24, 2.45) is 17.8 Å². The molecular formula is C10H18FN. The van der Waals surface area contributed by atoms with Crippen LogP contribution in [0.1, 0.15) is 20.8 Å². The van der Waals surface area contributed by atoms with Crippen molar-refractivity contribution in [1.82, 2.24) is 4.90 Å². The number of hydrogen-bond acceptors (Lipinski definition) is 1. The van der Waals surface area contributed by atoms with Gasteiger partial charge in [0, 0.05) is 24.4 Å². The molecule has 0 aromatic carbocycles. The van der Waals surface area contributed by atoms with Crippen LogP contribution in [-0.4, -0.2) is 30.2 Å². The number of alkyl halides is 1. The molecule has 0 spiro atoms. The van der Waals surface area contributed by atoms with Crippen LogP contribution in [0, 0.1) is 17.8 Å². The maximum absolute atomic E-state index is 13.7. The van der Waals surface area contributed by atoms with Crippen LogP contribution in [0.25, 0.3) is 0 Å². The Morgan fingerprint density at radius 1 is 1.50 bits per heavy atom. The first-order valence-corrected chi connectivity index (χ1v) is 4.85. The fourth-order valence-corrected chi connectivity index (χ4v) is 3.10. The van der Waals surface area contributed by atoms with Crippen LogP contribution in [0.5, 0.6) is 0 Å². The zero-order valence-corrected chi connectivity index (χ0v) is 8.34. The van der Waals surface area contributed by atoms with E-state index in [2.05, 4.69) is 25.8 Å². The lowest BCUT2D eigenvalue weighted by molar-refractivity contribution is 0.141. The molecule has 0 bridgehead atoms. The lowest BCUT2D eigenvalue weighted by atomic mass is 9.98. The zero-order valence-electron chi connectivity index (χ0n) is 8.34. The number of piperidine rings is 1. The van der Waals surface area contributed by atoms with Crippen molar-refractivity contribution in [2.45, 2.75) is 32.5 Å². The highest BCUT2D eigenvalue weighted by Crippen LogP contribution is 2.61. The van der Waals surface area contributed by atoms with Crippen LogP contribution in [-0.2, 0) is 0 Å². The summed E-state index contributed by atoms with van der Waals surface area (Å²) >= 11 is 0. The highest BCUT2D eigenvalue weighted by molar-refractivity contribution is 5.19. The Bertz CT molecular complexity index is 200. The average molecular weight is 171 g/mol. The van der Waals surface area contributed by atoms with Crippen molar-refractivity contribution in [3.8, 4) is 0 Å². The Morgan fingerprint density at radius 2 is 2.08 bits per heavy atom. The molecule has 1 saturated heterocycles. The molecule has 1 aliphatic heterocycles. The first-order chi connectivity index (χ1) is 5.46. The quantitative estimate of drug-likeness (QED) is 0.582. The molecule has 0 radical (unpaired) electrons. The van der Waals surface area contributed by atoms with E-state index >= 15 is 0 Å². The number of rotatable bonds is 1. The molecule has 2 aliphatic rings. The van der Waals surface area contributed by atoms with Gasteiger partial charge in [0.1, 0.15) is 5.67 Å². The lowest BCUT2D eigenvalue weighted by Crippen LogP contribution is -2.37. The van der Waals surface area contributed by atoms with E-state index in [1.54, 1.807) is 6.92 Å². The first-order valence-electron chi connectivity index (χ1n) is 4.85. The average Bonchev–Trinajstić information content (AvgIpc) is 2.40. The van der Waals surface area contributed by atoms with E-state index in [0.29, 0.717) is 23.8 Å². The van der Waals surface area contributed by atoms with Gasteiger partial charge in [-0.05, 0) is 19.9 Å². The fraction of sp³-hybridized carbons (Fsp3) is 1.00. The van der Waals surface area contributed by atoms with E-state index in [9.17, 15) is 4.39 Å². The first kappa shape index (κ1) is 8.49. The van der Waals surface area contributed by atoms with Crippen LogP contribution in [0.2, 0.25) is 0 Å². The van der Waals surface area contributed by atoms with Gasteiger partial charge < -0.3 is 4.90 Å². The predicted octanol–water partition coefficient (Wildman–Crippen LogP) is 1.93. The molecule has 2 rings (SSSR count). The van der Waals surface area contributed by atoms with Gasteiger partial charge in [-0.1, -0.05) is 13.8 Å². The SMILES string of the molecule is CC(C)C1C2C(CN1C)C2(C)F. The molecule has 0 aromatic rings. The van der Waals surface area contributed by atoms with Gasteiger partial charge in [-0.3, -0.25) is 0 Å². The smallest absolute Gasteiger partial charge is 0.117 e. The number of likely N-dealkylation sites (tertiary alicyclic amines) is 1. The van der Waals surface area contributed by atoms with Crippen LogP contribution < -0.4 is 0 Å². The van der Waals surface area contributed by atoms with Crippen LogP contribution >= 0.6 is 0 Å². The Balaban J connectivity index is 2.13. The van der Waals surface area contributed by atoms with Gasteiger partial charge in [0.25, 0.3) is 0 Å². The molecule has 1 aliphatic carbocycles. The molecule has 0 aromatic heterocycles. The van der Waals surface area contributed by atoms with Crippen LogP contribution in [0.4, 0.5) is 4.39 Å². The highest BCUT2D eigenvalue weighted by Gasteiger charge is 2.70. The topological polar surface area (TPSA) is 3.24 Å². The standard InChI is InChI=1S/C10H18FN/c1-6(2)9-8-7(5-12(9)4)10(8,3)11/h6-9H,5H2,1-4H3. The van der Waals surface area contributed by atoms with Gasteiger partial charge in [-0.25, -0.2) is 4.39 Å². The minimum Gasteiger partial charge on any atom is -0.302 e. The summed E-state index contributed by atoms with van der Waals surface area (Å²) < 4.78 is 13.7. The van der Waals surface area contributed by atoms with Gasteiger partial charge in [0.05, 0.1) is 0 Å². The summed E-state index contributed by atoms with van der Waals surface area (Å²) in [5.41, 5.74) is -0.846. The maximum atomic E-state index is 13.7. The predicted molar refractivity (Wildman–Crippen MR) is 47.7 cm³/mol. The molecule has 70 valence electrons. The van der Waals surface area contributed by atoms with E-state index in [1.807, 2.05) is 0 Å². The third-order valence-electron chi connectivity index (χ3n) is 3.75. The molecule has 2 heteroatoms. The third-order valence-corrected chi connectivity index (χ3v) is 3.75. The Kier molecular flexibility index (Phi) is 1.57. The van der Waals surface area contributed by atoms with E-state index in [4.69, 9.17) is 0 Å². The Labute approximate surface area is 73.9 Å². The molecule has 0 amide bonds. The molecule has 12 heavy (non-hydrogen) atoms. The van der Waals surface area contributed by atoms with Crippen LogP contribution in [0.15, 0.2) is 0 Å². The number of nitrogens with zero attached hydrogens (tertiary/aromatic N) is 1. The summed E-state index contributed by atoms with van der Waals surface area (Å²) in [4.78, 5) is 2.32. The molecule has 1 nitrogen and oxygen atoms in total. The van der Waals surface area contributed by atoms with Crippen molar-refractivity contribution in [2.75, 3.05) is 13.6 Å². The summed E-state index contributed by atoms with van der Waals surface area (Å²) in [6, 6.07) is 0.477. The summed E-state index contributed by atoms with van der Waals surface area (Å²) in [6.07, 6.45) is 0. The second-order valence-corrected chi connectivity index (χ2v) is 4.96. The van der Waals surface area contributed by atoms with Gasteiger partial charge in [-0.15, -0.1) is 0 Å². The summed E-state index contributed by atoms with van der Waals surface area (Å²) in [5, 5.41) is 0. The second-order valence-electron chi connectivity index (χ2n) is 4.96. The van der Waals surface area contributed by atoms with Crippen molar-refractivity contribution in [1.29, 1.82) is 0 Å². The second kappa shape index (κ2) is 2.22. The maximum Gasteiger partial charge on any atom is 0.117 e. The van der Waals surface area contributed by atoms with Crippen molar-refractivity contribution in [3.05, 3.63) is 0 Å². The molecule has 0 N–H and O–H groups in total. The minimum atomic E-state index is -0.846. The summed E-state index contributed by atoms with van der Waals surface area (Å²) in [7, 11) is 2.12. The summed E-state index contributed by atoms with van der Waals surface area (Å²) in [5.74, 6) is 1.24. The molecule has 4 atom stereocenters. The number of halogens is 1. The molecule has 2 fully saturated rings. The van der Waals surface area contributed by atoms with E-state index in [-0.39, 0.29) is 0 Å². The van der Waals surface area contributed by atoms with E-state index < -0.39 is 5.67 Å². The largest absolute Gasteiger partial charge is 0.302 e. The van der Waals surface area contributed by atoms with Gasteiger partial charge in [0.2, 0.25) is 0 Å². The zero-order chi connectivity index (χ0) is 9.09. The van der Waals surface area contributed by atoms with Crippen molar-refractivity contribution in [3.63, 3.8) is 0 Å². The van der Waals surface area contributed by atoms with Gasteiger partial charge in [-0.2, -0.15) is 0 Å². The minimum absolute atomic E-state index is 0.322. The fourth-order valence-electron chi connectivity index (χ4n) is 3.10. The normalized spacial score (nSPS) is 53.0. The van der Waals surface area contributed by atoms with Gasteiger partial charge in [0.15, 0.2) is 0 Å². The molecule has 1 saturated carbocycles. The number of fused-ring (bicyclic) bond motifs is 1. The monoisotopic (exact) mass is 171 g/mol. The highest BCUT2D eigenvalue weighted by atomic mass is 19.1. The van der Waals surface area contributed by atoms with Crippen molar-refractivity contribution >= 4 is 0 Å².